The molecule has 0 aliphatic rings. The van der Waals surface area contributed by atoms with Gasteiger partial charge in [-0.05, 0) is 42.5 Å². The molecule has 0 aliphatic carbocycles. The third kappa shape index (κ3) is 2.69. The number of nitrogens with one attached hydrogen (secondary N) is 2. The average Bonchev–Trinajstić information content (AvgIpc) is 3.51. The van der Waals surface area contributed by atoms with Crippen molar-refractivity contribution in [1.82, 2.24) is 30.1 Å². The van der Waals surface area contributed by atoms with Gasteiger partial charge in [0.05, 0.1) is 23.1 Å². The summed E-state index contributed by atoms with van der Waals surface area (Å²) in [6.07, 6.45) is 7.02. The third-order valence-electron chi connectivity index (χ3n) is 5.03. The minimum atomic E-state index is -0.209. The first-order chi connectivity index (χ1) is 14.8. The fourth-order valence-electron chi connectivity index (χ4n) is 3.62. The lowest BCUT2D eigenvalue weighted by Crippen LogP contribution is -1.85. The number of fused-ring (bicyclic) bond motifs is 2. The summed E-state index contributed by atoms with van der Waals surface area (Å²) in [6.45, 7) is 0. The molecule has 0 saturated carbocycles. The number of rotatable bonds is 3. The Balaban J connectivity index is 1.52. The number of aromatic amines is 2. The zero-order chi connectivity index (χ0) is 20.1. The van der Waals surface area contributed by atoms with Crippen LogP contribution >= 0.6 is 11.3 Å². The Kier molecular flexibility index (Phi) is 3.72. The molecule has 0 fully saturated rings. The van der Waals surface area contributed by atoms with Crippen molar-refractivity contribution in [3.05, 3.63) is 72.4 Å². The fourth-order valence-corrected chi connectivity index (χ4v) is 4.39. The van der Waals surface area contributed by atoms with Crippen molar-refractivity contribution in [1.29, 1.82) is 0 Å². The minimum absolute atomic E-state index is 0.209. The first-order valence-corrected chi connectivity index (χ1v) is 10.1. The molecule has 8 heteroatoms. The highest BCUT2D eigenvalue weighted by atomic mass is 32.1. The molecule has 2 N–H and O–H groups in total. The largest absolute Gasteiger partial charge is 0.338 e. The smallest absolute Gasteiger partial charge is 0.176 e. The summed E-state index contributed by atoms with van der Waals surface area (Å²) in [5, 5.41) is 9.21. The number of pyridine rings is 3. The number of nitrogens with zero attached hydrogens (tertiary/aromatic N) is 4. The molecule has 0 bridgehead atoms. The quantitative estimate of drug-likeness (QED) is 0.406. The van der Waals surface area contributed by atoms with Crippen molar-refractivity contribution < 1.29 is 4.39 Å². The molecular formula is C22H13FN6S. The number of thiophene rings is 1. The molecule has 0 amide bonds. The second-order valence-corrected chi connectivity index (χ2v) is 7.87. The van der Waals surface area contributed by atoms with Gasteiger partial charge in [0.1, 0.15) is 11.3 Å². The Morgan fingerprint density at radius 1 is 0.933 bits per heavy atom. The Labute approximate surface area is 173 Å². The number of aromatic nitrogens is 6. The molecule has 0 aliphatic heterocycles. The summed E-state index contributed by atoms with van der Waals surface area (Å²) < 4.78 is 13.6. The van der Waals surface area contributed by atoms with Crippen LogP contribution in [0.4, 0.5) is 4.39 Å². The maximum Gasteiger partial charge on any atom is 0.176 e. The van der Waals surface area contributed by atoms with Crippen LogP contribution in [-0.2, 0) is 0 Å². The molecule has 0 radical (unpaired) electrons. The maximum absolute atomic E-state index is 13.6. The standard InChI is InChI=1S/C22H13FN6S/c23-20-4-3-19(30-20)13-5-7-25-22-14(13)8-17(27-22)21-15-9-16(12-2-1-6-24-10-12)26-11-18(15)28-29-21/h1-11H,(H,25,27)(H,28,29). The van der Waals surface area contributed by atoms with Crippen molar-refractivity contribution in [2.75, 3.05) is 0 Å². The van der Waals surface area contributed by atoms with Crippen molar-refractivity contribution in [3.8, 4) is 33.1 Å². The van der Waals surface area contributed by atoms with E-state index in [0.29, 0.717) is 0 Å². The Bertz CT molecular complexity index is 1520. The molecule has 6 rings (SSSR count). The van der Waals surface area contributed by atoms with Crippen LogP contribution in [0.2, 0.25) is 0 Å². The van der Waals surface area contributed by atoms with Gasteiger partial charge in [0, 0.05) is 45.4 Å². The molecule has 144 valence electrons. The zero-order valence-corrected chi connectivity index (χ0v) is 16.2. The van der Waals surface area contributed by atoms with Gasteiger partial charge in [0.25, 0.3) is 0 Å². The van der Waals surface area contributed by atoms with E-state index in [0.717, 1.165) is 66.4 Å². The first kappa shape index (κ1) is 17.0. The Hall–Kier alpha value is -3.91. The molecule has 30 heavy (non-hydrogen) atoms. The molecule has 6 aromatic heterocycles. The van der Waals surface area contributed by atoms with Gasteiger partial charge in [0.2, 0.25) is 0 Å². The summed E-state index contributed by atoms with van der Waals surface area (Å²) in [7, 11) is 0. The van der Waals surface area contributed by atoms with Gasteiger partial charge >= 0.3 is 0 Å². The topological polar surface area (TPSA) is 83.1 Å². The number of H-pyrrole nitrogens is 2. The van der Waals surface area contributed by atoms with Crippen molar-refractivity contribution in [2.24, 2.45) is 0 Å². The van der Waals surface area contributed by atoms with Crippen LogP contribution in [0.3, 0.4) is 0 Å². The SMILES string of the molecule is Fc1ccc(-c2ccnc3[nH]c(-c4n[nH]c5cnc(-c6cccnc6)cc45)cc23)s1. The summed E-state index contributed by atoms with van der Waals surface area (Å²) in [5.74, 6) is 0. The van der Waals surface area contributed by atoms with E-state index in [4.69, 9.17) is 0 Å². The van der Waals surface area contributed by atoms with E-state index in [1.165, 1.54) is 6.07 Å². The van der Waals surface area contributed by atoms with Crippen molar-refractivity contribution in [3.63, 3.8) is 0 Å². The second kappa shape index (κ2) is 6.57. The maximum atomic E-state index is 13.6. The lowest BCUT2D eigenvalue weighted by molar-refractivity contribution is 0.657. The molecule has 0 atom stereocenters. The van der Waals surface area contributed by atoms with Gasteiger partial charge < -0.3 is 4.98 Å². The van der Waals surface area contributed by atoms with Crippen LogP contribution in [0.5, 0.6) is 0 Å². The summed E-state index contributed by atoms with van der Waals surface area (Å²) in [6, 6.07) is 13.0. The summed E-state index contributed by atoms with van der Waals surface area (Å²) in [5.41, 5.74) is 5.87. The van der Waals surface area contributed by atoms with Gasteiger partial charge in [-0.15, -0.1) is 11.3 Å². The van der Waals surface area contributed by atoms with Crippen LogP contribution < -0.4 is 0 Å². The minimum Gasteiger partial charge on any atom is -0.338 e. The van der Waals surface area contributed by atoms with Crippen LogP contribution in [0, 0.1) is 5.13 Å². The summed E-state index contributed by atoms with van der Waals surface area (Å²) in [4.78, 5) is 17.3. The normalized spacial score (nSPS) is 11.5. The second-order valence-electron chi connectivity index (χ2n) is 6.84. The van der Waals surface area contributed by atoms with E-state index in [1.807, 2.05) is 30.3 Å². The molecular weight excluding hydrogens is 399 g/mol. The fraction of sp³-hybridized carbons (Fsp3) is 0. The Morgan fingerprint density at radius 2 is 1.90 bits per heavy atom. The number of halogens is 1. The van der Waals surface area contributed by atoms with E-state index < -0.39 is 0 Å². The predicted molar refractivity (Wildman–Crippen MR) is 115 cm³/mol. The monoisotopic (exact) mass is 412 g/mol. The molecule has 0 aromatic carbocycles. The van der Waals surface area contributed by atoms with Gasteiger partial charge in [-0.25, -0.2) is 4.98 Å². The van der Waals surface area contributed by atoms with Crippen LogP contribution in [0.25, 0.3) is 55.0 Å². The first-order valence-electron chi connectivity index (χ1n) is 9.24. The van der Waals surface area contributed by atoms with E-state index in [2.05, 4.69) is 30.1 Å². The average molecular weight is 412 g/mol. The molecule has 6 aromatic rings. The third-order valence-corrected chi connectivity index (χ3v) is 5.94. The number of hydrogen-bond acceptors (Lipinski definition) is 5. The van der Waals surface area contributed by atoms with E-state index in [-0.39, 0.29) is 5.13 Å². The van der Waals surface area contributed by atoms with Crippen molar-refractivity contribution >= 4 is 33.3 Å². The highest BCUT2D eigenvalue weighted by Crippen LogP contribution is 2.36. The van der Waals surface area contributed by atoms with Gasteiger partial charge in [-0.1, -0.05) is 0 Å². The van der Waals surface area contributed by atoms with Crippen LogP contribution in [0.15, 0.2) is 67.3 Å². The predicted octanol–water partition coefficient (Wildman–Crippen LogP) is 5.43. The molecule has 6 nitrogen and oxygen atoms in total. The van der Waals surface area contributed by atoms with E-state index in [9.17, 15) is 4.39 Å². The molecule has 0 unspecified atom stereocenters. The van der Waals surface area contributed by atoms with Gasteiger partial charge in [-0.2, -0.15) is 9.49 Å². The van der Waals surface area contributed by atoms with E-state index >= 15 is 0 Å². The summed E-state index contributed by atoms with van der Waals surface area (Å²) >= 11 is 1.12. The van der Waals surface area contributed by atoms with Crippen molar-refractivity contribution in [2.45, 2.75) is 0 Å². The molecule has 0 saturated heterocycles. The zero-order valence-electron chi connectivity index (χ0n) is 15.4. The number of hydrogen-bond donors (Lipinski definition) is 2. The Morgan fingerprint density at radius 3 is 2.73 bits per heavy atom. The van der Waals surface area contributed by atoms with Crippen LogP contribution in [0.1, 0.15) is 0 Å². The highest BCUT2D eigenvalue weighted by Gasteiger charge is 2.16. The van der Waals surface area contributed by atoms with Gasteiger partial charge in [0.15, 0.2) is 5.13 Å². The van der Waals surface area contributed by atoms with Crippen LogP contribution in [-0.4, -0.2) is 30.1 Å². The lowest BCUT2D eigenvalue weighted by Gasteiger charge is -2.00. The van der Waals surface area contributed by atoms with Gasteiger partial charge in [-0.3, -0.25) is 15.1 Å². The highest BCUT2D eigenvalue weighted by molar-refractivity contribution is 7.14. The van der Waals surface area contributed by atoms with E-state index in [1.54, 1.807) is 30.9 Å². The molecule has 0 spiro atoms. The molecule has 6 heterocycles. The lowest BCUT2D eigenvalue weighted by atomic mass is 10.1.